The molecule has 0 bridgehead atoms. The predicted octanol–water partition coefficient (Wildman–Crippen LogP) is 2.91. The molecule has 1 aromatic heterocycles. The number of anilines is 1. The number of halogens is 1. The van der Waals surface area contributed by atoms with Crippen LogP contribution in [0.3, 0.4) is 0 Å². The van der Waals surface area contributed by atoms with Gasteiger partial charge >= 0.3 is 0 Å². The highest BCUT2D eigenvalue weighted by Gasteiger charge is 2.17. The third-order valence-corrected chi connectivity index (χ3v) is 4.13. The molecule has 0 spiro atoms. The highest BCUT2D eigenvalue weighted by atomic mass is 35.5. The average molecular weight is 303 g/mol. The molecule has 0 saturated carbocycles. The zero-order chi connectivity index (χ0) is 14.7. The summed E-state index contributed by atoms with van der Waals surface area (Å²) in [5.41, 5.74) is 3.73. The summed E-state index contributed by atoms with van der Waals surface area (Å²) in [6.07, 6.45) is 4.68. The molecule has 1 aromatic carbocycles. The van der Waals surface area contributed by atoms with Gasteiger partial charge in [0.1, 0.15) is 0 Å². The molecule has 4 nitrogen and oxygen atoms in total. The van der Waals surface area contributed by atoms with Crippen LogP contribution in [0.5, 0.6) is 0 Å². The Labute approximate surface area is 130 Å². The Morgan fingerprint density at radius 2 is 2.10 bits per heavy atom. The summed E-state index contributed by atoms with van der Waals surface area (Å²) < 4.78 is 0. The zero-order valence-corrected chi connectivity index (χ0v) is 12.9. The summed E-state index contributed by atoms with van der Waals surface area (Å²) >= 11 is 6.24. The molecule has 1 N–H and O–H groups in total. The van der Waals surface area contributed by atoms with Crippen molar-refractivity contribution in [2.75, 3.05) is 25.0 Å². The van der Waals surface area contributed by atoms with Gasteiger partial charge in [-0.2, -0.15) is 0 Å². The van der Waals surface area contributed by atoms with Gasteiger partial charge in [0.05, 0.1) is 0 Å². The lowest BCUT2D eigenvalue weighted by molar-refractivity contribution is 0.264. The standard InChI is InChI=1S/C16H19ClN4/c1-12-9-19-16(20-10-12)18-6-8-21-7-5-14-13(11-21)3-2-4-15(14)17/h2-4,9-10H,5-8,11H2,1H3,(H,18,19,20). The molecule has 0 radical (unpaired) electrons. The maximum Gasteiger partial charge on any atom is 0.222 e. The average Bonchev–Trinajstić information content (AvgIpc) is 2.49. The molecule has 0 aliphatic carbocycles. The Kier molecular flexibility index (Phi) is 4.36. The van der Waals surface area contributed by atoms with E-state index in [0.717, 1.165) is 43.2 Å². The second kappa shape index (κ2) is 6.41. The van der Waals surface area contributed by atoms with Crippen LogP contribution < -0.4 is 5.32 Å². The first kappa shape index (κ1) is 14.3. The van der Waals surface area contributed by atoms with Crippen LogP contribution in [0.2, 0.25) is 5.02 Å². The van der Waals surface area contributed by atoms with Crippen LogP contribution in [0.4, 0.5) is 5.95 Å². The van der Waals surface area contributed by atoms with Crippen molar-refractivity contribution in [1.29, 1.82) is 0 Å². The Hall–Kier alpha value is -1.65. The summed E-state index contributed by atoms with van der Waals surface area (Å²) in [5.74, 6) is 0.695. The number of rotatable bonds is 4. The summed E-state index contributed by atoms with van der Waals surface area (Å²) in [4.78, 5) is 10.9. The number of fused-ring (bicyclic) bond motifs is 1. The molecule has 1 aliphatic rings. The van der Waals surface area contributed by atoms with Crippen LogP contribution in [0.15, 0.2) is 30.6 Å². The monoisotopic (exact) mass is 302 g/mol. The first-order valence-electron chi connectivity index (χ1n) is 7.23. The third-order valence-electron chi connectivity index (χ3n) is 3.78. The molecular weight excluding hydrogens is 284 g/mol. The minimum absolute atomic E-state index is 0.695. The summed E-state index contributed by atoms with van der Waals surface area (Å²) in [6, 6.07) is 6.18. The smallest absolute Gasteiger partial charge is 0.222 e. The van der Waals surface area contributed by atoms with Crippen LogP contribution in [0.25, 0.3) is 0 Å². The van der Waals surface area contributed by atoms with Crippen molar-refractivity contribution in [1.82, 2.24) is 14.9 Å². The lowest BCUT2D eigenvalue weighted by atomic mass is 10.00. The van der Waals surface area contributed by atoms with Gasteiger partial charge in [-0.15, -0.1) is 0 Å². The van der Waals surface area contributed by atoms with Crippen LogP contribution in [0, 0.1) is 6.92 Å². The van der Waals surface area contributed by atoms with E-state index in [-0.39, 0.29) is 0 Å². The van der Waals surface area contributed by atoms with Gasteiger partial charge in [0.25, 0.3) is 0 Å². The maximum atomic E-state index is 6.24. The molecule has 0 fully saturated rings. The van der Waals surface area contributed by atoms with Gasteiger partial charge in [0.2, 0.25) is 5.95 Å². The van der Waals surface area contributed by atoms with Crippen molar-refractivity contribution in [2.45, 2.75) is 19.9 Å². The van der Waals surface area contributed by atoms with E-state index in [0.29, 0.717) is 5.95 Å². The third kappa shape index (κ3) is 3.52. The molecule has 0 saturated heterocycles. The van der Waals surface area contributed by atoms with Gasteiger partial charge < -0.3 is 5.32 Å². The largest absolute Gasteiger partial charge is 0.353 e. The molecule has 0 unspecified atom stereocenters. The van der Waals surface area contributed by atoms with Crippen molar-refractivity contribution < 1.29 is 0 Å². The molecule has 0 atom stereocenters. The van der Waals surface area contributed by atoms with Crippen molar-refractivity contribution in [3.63, 3.8) is 0 Å². The normalized spacial score (nSPS) is 14.8. The number of nitrogens with zero attached hydrogens (tertiary/aromatic N) is 3. The SMILES string of the molecule is Cc1cnc(NCCN2CCc3c(Cl)cccc3C2)nc1. The predicted molar refractivity (Wildman–Crippen MR) is 85.7 cm³/mol. The second-order valence-electron chi connectivity index (χ2n) is 5.41. The summed E-state index contributed by atoms with van der Waals surface area (Å²) in [6.45, 7) is 5.82. The highest BCUT2D eigenvalue weighted by Crippen LogP contribution is 2.25. The molecule has 0 amide bonds. The van der Waals surface area contributed by atoms with E-state index in [1.165, 1.54) is 11.1 Å². The van der Waals surface area contributed by atoms with Crippen LogP contribution >= 0.6 is 11.6 Å². The van der Waals surface area contributed by atoms with Crippen molar-refractivity contribution in [2.24, 2.45) is 0 Å². The molecule has 3 rings (SSSR count). The number of aryl methyl sites for hydroxylation is 1. The van der Waals surface area contributed by atoms with Crippen LogP contribution in [-0.4, -0.2) is 34.5 Å². The molecule has 21 heavy (non-hydrogen) atoms. The van der Waals surface area contributed by atoms with Gasteiger partial charge in [-0.25, -0.2) is 9.97 Å². The Morgan fingerprint density at radius 1 is 1.29 bits per heavy atom. The Bertz CT molecular complexity index is 612. The van der Waals surface area contributed by atoms with Crippen molar-refractivity contribution in [3.8, 4) is 0 Å². The highest BCUT2D eigenvalue weighted by molar-refractivity contribution is 6.31. The van der Waals surface area contributed by atoms with E-state index >= 15 is 0 Å². The Balaban J connectivity index is 1.52. The lowest BCUT2D eigenvalue weighted by Gasteiger charge is -2.29. The van der Waals surface area contributed by atoms with Crippen LogP contribution in [0.1, 0.15) is 16.7 Å². The second-order valence-corrected chi connectivity index (χ2v) is 5.82. The number of hydrogen-bond acceptors (Lipinski definition) is 4. The topological polar surface area (TPSA) is 41.1 Å². The fourth-order valence-electron chi connectivity index (χ4n) is 2.62. The first-order chi connectivity index (χ1) is 10.2. The molecule has 2 aromatic rings. The van der Waals surface area contributed by atoms with Gasteiger partial charge in [-0.1, -0.05) is 23.7 Å². The molecule has 5 heteroatoms. The molecule has 110 valence electrons. The van der Waals surface area contributed by atoms with Gasteiger partial charge in [0.15, 0.2) is 0 Å². The summed E-state index contributed by atoms with van der Waals surface area (Å²) in [7, 11) is 0. The van der Waals surface area contributed by atoms with Gasteiger partial charge in [0, 0.05) is 43.6 Å². The lowest BCUT2D eigenvalue weighted by Crippen LogP contribution is -2.34. The first-order valence-corrected chi connectivity index (χ1v) is 7.61. The van der Waals surface area contributed by atoms with E-state index < -0.39 is 0 Å². The minimum Gasteiger partial charge on any atom is -0.353 e. The number of benzene rings is 1. The maximum absolute atomic E-state index is 6.24. The molecule has 1 aliphatic heterocycles. The summed E-state index contributed by atoms with van der Waals surface area (Å²) in [5, 5.41) is 4.17. The zero-order valence-electron chi connectivity index (χ0n) is 12.1. The molecular formula is C16H19ClN4. The number of aromatic nitrogens is 2. The van der Waals surface area contributed by atoms with Crippen LogP contribution in [-0.2, 0) is 13.0 Å². The van der Waals surface area contributed by atoms with E-state index in [1.807, 2.05) is 31.5 Å². The number of hydrogen-bond donors (Lipinski definition) is 1. The Morgan fingerprint density at radius 3 is 2.90 bits per heavy atom. The van der Waals surface area contributed by atoms with E-state index in [1.54, 1.807) is 0 Å². The molecule has 2 heterocycles. The van der Waals surface area contributed by atoms with E-state index in [9.17, 15) is 0 Å². The quantitative estimate of drug-likeness (QED) is 0.943. The van der Waals surface area contributed by atoms with Crippen molar-refractivity contribution >= 4 is 17.5 Å². The number of nitrogens with one attached hydrogen (secondary N) is 1. The fourth-order valence-corrected chi connectivity index (χ4v) is 2.91. The minimum atomic E-state index is 0.695. The van der Waals surface area contributed by atoms with E-state index in [4.69, 9.17) is 11.6 Å². The van der Waals surface area contributed by atoms with Gasteiger partial charge in [-0.3, -0.25) is 4.90 Å². The fraction of sp³-hybridized carbons (Fsp3) is 0.375. The van der Waals surface area contributed by atoms with E-state index in [2.05, 4.69) is 26.3 Å². The van der Waals surface area contributed by atoms with Crippen molar-refractivity contribution in [3.05, 3.63) is 52.3 Å². The van der Waals surface area contributed by atoms with Gasteiger partial charge in [-0.05, 0) is 36.1 Å².